The number of halogens is 2. The second-order valence-corrected chi connectivity index (χ2v) is 10.5. The first-order valence-corrected chi connectivity index (χ1v) is 13.5. The third-order valence-corrected chi connectivity index (χ3v) is 8.18. The van der Waals surface area contributed by atoms with Gasteiger partial charge in [-0.3, -0.25) is 14.4 Å². The lowest BCUT2D eigenvalue weighted by Gasteiger charge is -2.32. The minimum absolute atomic E-state index is 0.0135. The van der Waals surface area contributed by atoms with Gasteiger partial charge in [0.05, 0.1) is 26.6 Å². The molecule has 0 atom stereocenters. The molecule has 0 aromatic heterocycles. The van der Waals surface area contributed by atoms with Crippen molar-refractivity contribution in [1.29, 1.82) is 0 Å². The summed E-state index contributed by atoms with van der Waals surface area (Å²) in [5, 5.41) is 3.22. The molecule has 1 heterocycles. The van der Waals surface area contributed by atoms with E-state index in [0.29, 0.717) is 44.7 Å². The van der Waals surface area contributed by atoms with E-state index in [4.69, 9.17) is 21.1 Å². The van der Waals surface area contributed by atoms with Gasteiger partial charge >= 0.3 is 5.97 Å². The molecule has 2 aromatic carbocycles. The third-order valence-electron chi connectivity index (χ3n) is 7.83. The minimum Gasteiger partial charge on any atom is -0.494 e. The van der Waals surface area contributed by atoms with Crippen LogP contribution in [0, 0.1) is 17.7 Å². The van der Waals surface area contributed by atoms with E-state index >= 15 is 0 Å². The zero-order valence-electron chi connectivity index (χ0n) is 21.8. The molecule has 0 bridgehead atoms. The largest absolute Gasteiger partial charge is 0.494 e. The van der Waals surface area contributed by atoms with Crippen molar-refractivity contribution >= 4 is 35.1 Å². The number of carbonyl (C=O) groups excluding carboxylic acids is 3. The van der Waals surface area contributed by atoms with Crippen molar-refractivity contribution in [3.63, 3.8) is 0 Å². The summed E-state index contributed by atoms with van der Waals surface area (Å²) < 4.78 is 24.4. The molecular weight excluding hydrogens is 511 g/mol. The number of piperidine rings is 1. The van der Waals surface area contributed by atoms with Crippen LogP contribution < -0.4 is 10.1 Å². The fourth-order valence-corrected chi connectivity index (χ4v) is 5.67. The summed E-state index contributed by atoms with van der Waals surface area (Å²) in [5.41, 5.74) is 2.07. The van der Waals surface area contributed by atoms with E-state index in [2.05, 4.69) is 5.32 Å². The van der Waals surface area contributed by atoms with Crippen LogP contribution in [0.25, 0.3) is 0 Å². The molecule has 4 rings (SSSR count). The number of ether oxygens (including phenoxy) is 2. The van der Waals surface area contributed by atoms with Crippen molar-refractivity contribution in [2.24, 2.45) is 11.8 Å². The maximum atomic E-state index is 14.6. The number of rotatable bonds is 7. The smallest absolute Gasteiger partial charge is 0.308 e. The standard InChI is InChI=1S/C29H34ClFN2O5/c1-37-25-12-11-24(30)23(27(25)31)17-26(34)33-15-13-19(14-16-33)18-7-9-22(10-8-18)32-28(35)20-3-5-21(6-4-20)29(36)38-2/h7-12,19-21H,3-6,13-17H2,1-2H3,(H,32,35). The van der Waals surface area contributed by atoms with Gasteiger partial charge in [0.1, 0.15) is 0 Å². The highest BCUT2D eigenvalue weighted by Crippen LogP contribution is 2.33. The number of hydrogen-bond donors (Lipinski definition) is 1. The maximum Gasteiger partial charge on any atom is 0.308 e. The molecule has 2 amide bonds. The SMILES string of the molecule is COC(=O)C1CCC(C(=O)Nc2ccc(C3CCN(C(=O)Cc4c(Cl)ccc(OC)c4F)CC3)cc2)CC1. The average Bonchev–Trinajstić information content (AvgIpc) is 2.95. The Balaban J connectivity index is 1.26. The van der Waals surface area contributed by atoms with Crippen molar-refractivity contribution in [3.8, 4) is 5.75 Å². The van der Waals surface area contributed by atoms with Gasteiger partial charge in [0, 0.05) is 35.3 Å². The van der Waals surface area contributed by atoms with Crippen molar-refractivity contribution in [2.75, 3.05) is 32.6 Å². The van der Waals surface area contributed by atoms with Crippen molar-refractivity contribution in [1.82, 2.24) is 4.90 Å². The third kappa shape index (κ3) is 6.46. The number of anilines is 1. The Kier molecular flexibility index (Phi) is 9.26. The number of hydrogen-bond acceptors (Lipinski definition) is 5. The molecule has 7 nitrogen and oxygen atoms in total. The normalized spacial score (nSPS) is 20.1. The topological polar surface area (TPSA) is 84.9 Å². The molecule has 2 fully saturated rings. The van der Waals surface area contributed by atoms with Gasteiger partial charge in [-0.1, -0.05) is 23.7 Å². The highest BCUT2D eigenvalue weighted by Gasteiger charge is 2.31. The lowest BCUT2D eigenvalue weighted by molar-refractivity contribution is -0.147. The Morgan fingerprint density at radius 3 is 2.18 bits per heavy atom. The summed E-state index contributed by atoms with van der Waals surface area (Å²) in [4.78, 5) is 39.0. The van der Waals surface area contributed by atoms with Crippen molar-refractivity contribution in [3.05, 3.63) is 58.4 Å². The molecule has 1 saturated heterocycles. The van der Waals surface area contributed by atoms with Crippen LogP contribution in [-0.4, -0.2) is 50.0 Å². The molecule has 38 heavy (non-hydrogen) atoms. The molecule has 1 N–H and O–H groups in total. The molecule has 0 unspecified atom stereocenters. The first-order valence-electron chi connectivity index (χ1n) is 13.1. The van der Waals surface area contributed by atoms with Gasteiger partial charge in [0.15, 0.2) is 11.6 Å². The molecule has 0 radical (unpaired) electrons. The molecule has 0 spiro atoms. The van der Waals surface area contributed by atoms with Crippen molar-refractivity contribution in [2.45, 2.75) is 50.9 Å². The number of carbonyl (C=O) groups is 3. The fraction of sp³-hybridized carbons (Fsp3) is 0.483. The van der Waals surface area contributed by atoms with Crippen LogP contribution in [0.5, 0.6) is 5.75 Å². The lowest BCUT2D eigenvalue weighted by atomic mass is 9.81. The number of amides is 2. The van der Waals surface area contributed by atoms with Crippen LogP contribution in [0.4, 0.5) is 10.1 Å². The van der Waals surface area contributed by atoms with Gasteiger partial charge in [-0.15, -0.1) is 0 Å². The van der Waals surface area contributed by atoms with Crippen LogP contribution in [0.15, 0.2) is 36.4 Å². The second-order valence-electron chi connectivity index (χ2n) is 10.1. The maximum absolute atomic E-state index is 14.6. The highest BCUT2D eigenvalue weighted by molar-refractivity contribution is 6.31. The van der Waals surface area contributed by atoms with Gasteiger partial charge < -0.3 is 19.7 Å². The summed E-state index contributed by atoms with van der Waals surface area (Å²) in [5.74, 6) is -0.787. The number of nitrogens with one attached hydrogen (secondary N) is 1. The lowest BCUT2D eigenvalue weighted by Crippen LogP contribution is -2.39. The van der Waals surface area contributed by atoms with Gasteiger partial charge in [0.2, 0.25) is 11.8 Å². The summed E-state index contributed by atoms with van der Waals surface area (Å²) in [7, 11) is 2.78. The summed E-state index contributed by atoms with van der Waals surface area (Å²) in [6.07, 6.45) is 4.20. The molecule has 204 valence electrons. The summed E-state index contributed by atoms with van der Waals surface area (Å²) >= 11 is 6.15. The molecule has 1 saturated carbocycles. The number of methoxy groups -OCH3 is 2. The Morgan fingerprint density at radius 1 is 0.947 bits per heavy atom. The first-order chi connectivity index (χ1) is 18.3. The monoisotopic (exact) mass is 544 g/mol. The molecule has 1 aliphatic heterocycles. The van der Waals surface area contributed by atoms with Crippen molar-refractivity contribution < 1.29 is 28.2 Å². The zero-order chi connectivity index (χ0) is 27.2. The van der Waals surface area contributed by atoms with E-state index < -0.39 is 5.82 Å². The van der Waals surface area contributed by atoms with E-state index in [1.807, 2.05) is 24.3 Å². The molecule has 9 heteroatoms. The number of likely N-dealkylation sites (tertiary alicyclic amines) is 1. The predicted octanol–water partition coefficient (Wildman–Crippen LogP) is 5.35. The highest BCUT2D eigenvalue weighted by atomic mass is 35.5. The van der Waals surface area contributed by atoms with Crippen LogP contribution in [0.2, 0.25) is 5.02 Å². The van der Waals surface area contributed by atoms with E-state index in [1.54, 1.807) is 11.0 Å². The molecule has 2 aliphatic rings. The number of esters is 1. The zero-order valence-corrected chi connectivity index (χ0v) is 22.6. The number of benzene rings is 2. The fourth-order valence-electron chi connectivity index (χ4n) is 5.46. The van der Waals surface area contributed by atoms with Crippen LogP contribution in [0.3, 0.4) is 0 Å². The molecule has 2 aromatic rings. The van der Waals surface area contributed by atoms with Crippen LogP contribution >= 0.6 is 11.6 Å². The average molecular weight is 545 g/mol. The minimum atomic E-state index is -0.593. The van der Waals surface area contributed by atoms with Gasteiger partial charge in [-0.2, -0.15) is 0 Å². The molecule has 1 aliphatic carbocycles. The molecular formula is C29H34ClFN2O5. The number of nitrogens with zero attached hydrogens (tertiary/aromatic N) is 1. The van der Waals surface area contributed by atoms with Crippen LogP contribution in [0.1, 0.15) is 55.6 Å². The Labute approximate surface area is 227 Å². The Bertz CT molecular complexity index is 1160. The van der Waals surface area contributed by atoms with Gasteiger partial charge in [-0.25, -0.2) is 4.39 Å². The Hall–Kier alpha value is -3.13. The predicted molar refractivity (Wildman–Crippen MR) is 143 cm³/mol. The quantitative estimate of drug-likeness (QED) is 0.475. The van der Waals surface area contributed by atoms with E-state index in [1.165, 1.54) is 20.3 Å². The van der Waals surface area contributed by atoms with E-state index in [0.717, 1.165) is 24.1 Å². The summed E-state index contributed by atoms with van der Waals surface area (Å²) in [6.45, 7) is 1.17. The Morgan fingerprint density at radius 2 is 1.58 bits per heavy atom. The van der Waals surface area contributed by atoms with E-state index in [-0.39, 0.29) is 52.4 Å². The summed E-state index contributed by atoms with van der Waals surface area (Å²) in [6, 6.07) is 10.9. The van der Waals surface area contributed by atoms with E-state index in [9.17, 15) is 18.8 Å². The second kappa shape index (κ2) is 12.6. The first kappa shape index (κ1) is 27.9. The van der Waals surface area contributed by atoms with Gasteiger partial charge in [-0.05, 0) is 74.3 Å². The van der Waals surface area contributed by atoms with Crippen LogP contribution in [-0.2, 0) is 25.5 Å². The van der Waals surface area contributed by atoms with Gasteiger partial charge in [0.25, 0.3) is 0 Å².